The maximum Gasteiger partial charge on any atom is 0.303 e. The third-order valence-electron chi connectivity index (χ3n) is 3.25. The van der Waals surface area contributed by atoms with Crippen molar-refractivity contribution in [2.24, 2.45) is 7.05 Å². The highest BCUT2D eigenvalue weighted by Gasteiger charge is 2.19. The van der Waals surface area contributed by atoms with Crippen LogP contribution in [0.25, 0.3) is 0 Å². The Kier molecular flexibility index (Phi) is 4.77. The van der Waals surface area contributed by atoms with Crippen LogP contribution in [0.2, 0.25) is 0 Å². The summed E-state index contributed by atoms with van der Waals surface area (Å²) >= 11 is 0. The van der Waals surface area contributed by atoms with Gasteiger partial charge < -0.3 is 14.6 Å². The number of aryl methyl sites for hydroxylation is 1. The fourth-order valence-corrected chi connectivity index (χ4v) is 2.17. The Bertz CT molecular complexity index is 619. The van der Waals surface area contributed by atoms with Crippen molar-refractivity contribution in [1.82, 2.24) is 4.57 Å². The molecule has 0 bridgehead atoms. The van der Waals surface area contributed by atoms with Gasteiger partial charge in [0.15, 0.2) is 0 Å². The number of carbonyl (C=O) groups excluding carboxylic acids is 1. The van der Waals surface area contributed by atoms with Gasteiger partial charge in [-0.3, -0.25) is 9.59 Å². The molecule has 0 atom stereocenters. The second-order valence-electron chi connectivity index (χ2n) is 4.79. The molecule has 1 heterocycles. The zero-order chi connectivity index (χ0) is 15.2. The number of aromatic nitrogens is 1. The molecule has 0 aliphatic heterocycles. The van der Waals surface area contributed by atoms with E-state index in [2.05, 4.69) is 0 Å². The van der Waals surface area contributed by atoms with E-state index in [1.165, 1.54) is 0 Å². The second-order valence-corrected chi connectivity index (χ2v) is 4.79. The molecular formula is C16H18N2O3. The highest BCUT2D eigenvalue weighted by atomic mass is 16.4. The first-order chi connectivity index (χ1) is 10.1. The average molecular weight is 286 g/mol. The standard InChI is InChI=1S/C16H18N2O3/c1-17-11-5-9-14(17)16(21)18(12-6-10-15(19)20)13-7-3-2-4-8-13/h2-5,7-9,11H,6,10,12H2,1H3,(H,19,20). The average Bonchev–Trinajstić information content (AvgIpc) is 2.90. The molecule has 5 heteroatoms. The molecule has 0 saturated heterocycles. The Balaban J connectivity index is 2.21. The number of amides is 1. The minimum atomic E-state index is -0.852. The Labute approximate surface area is 123 Å². The van der Waals surface area contributed by atoms with E-state index in [1.54, 1.807) is 15.5 Å². The van der Waals surface area contributed by atoms with Crippen molar-refractivity contribution in [3.8, 4) is 0 Å². The van der Waals surface area contributed by atoms with Gasteiger partial charge in [0.25, 0.3) is 5.91 Å². The monoisotopic (exact) mass is 286 g/mol. The van der Waals surface area contributed by atoms with Crippen molar-refractivity contribution in [3.05, 3.63) is 54.4 Å². The predicted octanol–water partition coefficient (Wildman–Crippen LogP) is 2.54. The number of hydrogen-bond donors (Lipinski definition) is 1. The van der Waals surface area contributed by atoms with Crippen LogP contribution >= 0.6 is 0 Å². The van der Waals surface area contributed by atoms with Gasteiger partial charge in [-0.05, 0) is 30.7 Å². The Morgan fingerprint density at radius 1 is 1.14 bits per heavy atom. The molecule has 1 aromatic heterocycles. The van der Waals surface area contributed by atoms with Crippen LogP contribution in [0.4, 0.5) is 5.69 Å². The van der Waals surface area contributed by atoms with E-state index in [0.29, 0.717) is 18.7 Å². The zero-order valence-electron chi connectivity index (χ0n) is 11.9. The first kappa shape index (κ1) is 14.8. The molecule has 110 valence electrons. The minimum Gasteiger partial charge on any atom is -0.481 e. The second kappa shape index (κ2) is 6.74. The lowest BCUT2D eigenvalue weighted by Gasteiger charge is -2.23. The topological polar surface area (TPSA) is 62.5 Å². The fraction of sp³-hybridized carbons (Fsp3) is 0.250. The van der Waals surface area contributed by atoms with E-state index in [9.17, 15) is 9.59 Å². The fourth-order valence-electron chi connectivity index (χ4n) is 2.17. The molecule has 0 aliphatic carbocycles. The molecule has 1 N–H and O–H groups in total. The van der Waals surface area contributed by atoms with E-state index < -0.39 is 5.97 Å². The lowest BCUT2D eigenvalue weighted by Crippen LogP contribution is -2.33. The van der Waals surface area contributed by atoms with Crippen molar-refractivity contribution < 1.29 is 14.7 Å². The van der Waals surface area contributed by atoms with Crippen molar-refractivity contribution in [2.45, 2.75) is 12.8 Å². The smallest absolute Gasteiger partial charge is 0.303 e. The number of carboxylic acid groups (broad SMARTS) is 1. The summed E-state index contributed by atoms with van der Waals surface area (Å²) in [4.78, 5) is 24.9. The van der Waals surface area contributed by atoms with Gasteiger partial charge in [-0.1, -0.05) is 18.2 Å². The molecule has 0 fully saturated rings. The highest BCUT2D eigenvalue weighted by molar-refractivity contribution is 6.05. The third-order valence-corrected chi connectivity index (χ3v) is 3.25. The molecule has 0 unspecified atom stereocenters. The molecule has 1 aromatic carbocycles. The summed E-state index contributed by atoms with van der Waals surface area (Å²) in [7, 11) is 1.81. The summed E-state index contributed by atoms with van der Waals surface area (Å²) in [5, 5.41) is 8.76. The summed E-state index contributed by atoms with van der Waals surface area (Å²) in [6.45, 7) is 0.375. The number of carboxylic acids is 1. The molecule has 1 amide bonds. The van der Waals surface area contributed by atoms with E-state index in [4.69, 9.17) is 5.11 Å². The summed E-state index contributed by atoms with van der Waals surface area (Å²) < 4.78 is 1.76. The molecule has 5 nitrogen and oxygen atoms in total. The number of aliphatic carboxylic acids is 1. The van der Waals surface area contributed by atoms with E-state index in [1.807, 2.05) is 49.6 Å². The van der Waals surface area contributed by atoms with Gasteiger partial charge in [0.1, 0.15) is 5.69 Å². The summed E-state index contributed by atoms with van der Waals surface area (Å²) in [5.41, 5.74) is 1.35. The maximum absolute atomic E-state index is 12.7. The summed E-state index contributed by atoms with van der Waals surface area (Å²) in [5.74, 6) is -0.978. The van der Waals surface area contributed by atoms with Crippen molar-refractivity contribution in [1.29, 1.82) is 0 Å². The Morgan fingerprint density at radius 3 is 2.43 bits per heavy atom. The molecular weight excluding hydrogens is 268 g/mol. The van der Waals surface area contributed by atoms with Crippen LogP contribution in [-0.2, 0) is 11.8 Å². The number of carbonyl (C=O) groups is 2. The lowest BCUT2D eigenvalue weighted by atomic mass is 10.2. The SMILES string of the molecule is Cn1cccc1C(=O)N(CCCC(=O)O)c1ccccc1. The minimum absolute atomic E-state index is 0.0454. The largest absolute Gasteiger partial charge is 0.481 e. The van der Waals surface area contributed by atoms with Gasteiger partial charge in [-0.25, -0.2) is 0 Å². The van der Waals surface area contributed by atoms with E-state index in [0.717, 1.165) is 5.69 Å². The highest BCUT2D eigenvalue weighted by Crippen LogP contribution is 2.17. The van der Waals surface area contributed by atoms with Gasteiger partial charge in [0.05, 0.1) is 0 Å². The molecule has 0 aliphatic rings. The van der Waals surface area contributed by atoms with Crippen LogP contribution in [0.1, 0.15) is 23.3 Å². The number of benzene rings is 1. The van der Waals surface area contributed by atoms with Crippen LogP contribution in [-0.4, -0.2) is 28.1 Å². The van der Waals surface area contributed by atoms with Crippen LogP contribution in [0.5, 0.6) is 0 Å². The summed E-state index contributed by atoms with van der Waals surface area (Å²) in [6.07, 6.45) is 2.28. The predicted molar refractivity (Wildman–Crippen MR) is 80.4 cm³/mol. The molecule has 21 heavy (non-hydrogen) atoms. The lowest BCUT2D eigenvalue weighted by molar-refractivity contribution is -0.137. The third kappa shape index (κ3) is 3.72. The van der Waals surface area contributed by atoms with Crippen molar-refractivity contribution >= 4 is 17.6 Å². The molecule has 0 saturated carbocycles. The zero-order valence-corrected chi connectivity index (χ0v) is 11.9. The number of nitrogens with zero attached hydrogens (tertiary/aromatic N) is 2. The molecule has 0 radical (unpaired) electrons. The maximum atomic E-state index is 12.7. The normalized spacial score (nSPS) is 10.3. The van der Waals surface area contributed by atoms with E-state index >= 15 is 0 Å². The van der Waals surface area contributed by atoms with Crippen LogP contribution in [0.15, 0.2) is 48.7 Å². The number of hydrogen-bond acceptors (Lipinski definition) is 2. The van der Waals surface area contributed by atoms with Gasteiger partial charge in [-0.2, -0.15) is 0 Å². The van der Waals surface area contributed by atoms with E-state index in [-0.39, 0.29) is 12.3 Å². The van der Waals surface area contributed by atoms with Gasteiger partial charge in [0.2, 0.25) is 0 Å². The van der Waals surface area contributed by atoms with Gasteiger partial charge in [0, 0.05) is 31.9 Å². The van der Waals surface area contributed by atoms with Crippen LogP contribution in [0.3, 0.4) is 0 Å². The number of anilines is 1. The first-order valence-electron chi connectivity index (χ1n) is 6.79. The Hall–Kier alpha value is -2.56. The quantitative estimate of drug-likeness (QED) is 0.887. The van der Waals surface area contributed by atoms with Crippen LogP contribution < -0.4 is 4.90 Å². The molecule has 0 spiro atoms. The van der Waals surface area contributed by atoms with Crippen LogP contribution in [0, 0.1) is 0 Å². The number of rotatable bonds is 6. The first-order valence-corrected chi connectivity index (χ1v) is 6.79. The van der Waals surface area contributed by atoms with Gasteiger partial charge in [-0.15, -0.1) is 0 Å². The Morgan fingerprint density at radius 2 is 1.86 bits per heavy atom. The van der Waals surface area contributed by atoms with Crippen molar-refractivity contribution in [3.63, 3.8) is 0 Å². The van der Waals surface area contributed by atoms with Gasteiger partial charge >= 0.3 is 5.97 Å². The van der Waals surface area contributed by atoms with Crippen molar-refractivity contribution in [2.75, 3.05) is 11.4 Å². The summed E-state index contributed by atoms with van der Waals surface area (Å²) in [6, 6.07) is 12.9. The number of para-hydroxylation sites is 1. The molecule has 2 rings (SSSR count). The molecule has 2 aromatic rings.